The number of hydrogen-bond acceptors (Lipinski definition) is 5. The topological polar surface area (TPSA) is 60.5 Å². The van der Waals surface area contributed by atoms with Crippen LogP contribution in [0.2, 0.25) is 0 Å². The zero-order chi connectivity index (χ0) is 16.7. The maximum Gasteiger partial charge on any atom is 0.226 e. The summed E-state index contributed by atoms with van der Waals surface area (Å²) >= 11 is 1.54. The Kier molecular flexibility index (Phi) is 6.55. The highest BCUT2D eigenvalue weighted by atomic mass is 32.1. The fraction of sp³-hybridized carbons (Fsp3) is 0.412. The number of nitrogens with zero attached hydrogens (tertiary/aromatic N) is 1. The zero-order valence-corrected chi connectivity index (χ0v) is 14.5. The van der Waals surface area contributed by atoms with Gasteiger partial charge in [0.2, 0.25) is 5.91 Å². The summed E-state index contributed by atoms with van der Waals surface area (Å²) in [5, 5.41) is 5.71. The Hall–Kier alpha value is -1.92. The lowest BCUT2D eigenvalue weighted by Gasteiger charge is -2.11. The summed E-state index contributed by atoms with van der Waals surface area (Å²) in [7, 11) is 1.62. The van der Waals surface area contributed by atoms with Gasteiger partial charge in [-0.25, -0.2) is 4.98 Å². The van der Waals surface area contributed by atoms with Gasteiger partial charge in [0.1, 0.15) is 10.8 Å². The van der Waals surface area contributed by atoms with E-state index in [2.05, 4.69) is 10.3 Å². The largest absolute Gasteiger partial charge is 0.494 e. The first-order valence-electron chi connectivity index (χ1n) is 7.58. The first-order valence-corrected chi connectivity index (χ1v) is 8.46. The maximum atomic E-state index is 11.9. The molecule has 0 unspecified atom stereocenters. The first-order chi connectivity index (χ1) is 11.1. The van der Waals surface area contributed by atoms with Gasteiger partial charge < -0.3 is 14.8 Å². The van der Waals surface area contributed by atoms with Crippen LogP contribution in [0.1, 0.15) is 19.5 Å². The average molecular weight is 334 g/mol. The summed E-state index contributed by atoms with van der Waals surface area (Å²) in [6, 6.07) is 7.82. The minimum Gasteiger partial charge on any atom is -0.494 e. The molecule has 0 aliphatic carbocycles. The Bertz CT molecular complexity index is 625. The van der Waals surface area contributed by atoms with Crippen molar-refractivity contribution in [3.05, 3.63) is 35.3 Å². The van der Waals surface area contributed by atoms with E-state index in [1.807, 2.05) is 43.5 Å². The Morgan fingerprint density at radius 2 is 2.09 bits per heavy atom. The molecule has 6 heteroatoms. The van der Waals surface area contributed by atoms with E-state index in [0.717, 1.165) is 22.0 Å². The van der Waals surface area contributed by atoms with Crippen LogP contribution in [-0.4, -0.2) is 37.3 Å². The third-order valence-electron chi connectivity index (χ3n) is 3.13. The van der Waals surface area contributed by atoms with Crippen molar-refractivity contribution in [2.75, 3.05) is 20.3 Å². The number of thiazole rings is 1. The SMILES string of the molecule is CCOc1ccc(-c2nc(CC(=O)N[C@@H](C)COC)cs2)cc1. The highest BCUT2D eigenvalue weighted by Crippen LogP contribution is 2.25. The van der Waals surface area contributed by atoms with Crippen LogP contribution in [0, 0.1) is 0 Å². The van der Waals surface area contributed by atoms with Gasteiger partial charge in [0, 0.05) is 24.1 Å². The van der Waals surface area contributed by atoms with Crippen molar-refractivity contribution < 1.29 is 14.3 Å². The second-order valence-corrected chi connectivity index (χ2v) is 6.06. The third kappa shape index (κ3) is 5.33. The van der Waals surface area contributed by atoms with Crippen LogP contribution in [0.15, 0.2) is 29.6 Å². The molecule has 2 rings (SSSR count). The van der Waals surface area contributed by atoms with Gasteiger partial charge in [-0.1, -0.05) is 0 Å². The van der Waals surface area contributed by atoms with Crippen molar-refractivity contribution in [2.24, 2.45) is 0 Å². The normalized spacial score (nSPS) is 12.0. The van der Waals surface area contributed by atoms with Gasteiger partial charge >= 0.3 is 0 Å². The van der Waals surface area contributed by atoms with Crippen LogP contribution in [0.3, 0.4) is 0 Å². The quantitative estimate of drug-likeness (QED) is 0.806. The molecule has 0 aliphatic rings. The Balaban J connectivity index is 1.96. The van der Waals surface area contributed by atoms with Crippen LogP contribution >= 0.6 is 11.3 Å². The zero-order valence-electron chi connectivity index (χ0n) is 13.7. The van der Waals surface area contributed by atoms with Gasteiger partial charge in [-0.05, 0) is 38.1 Å². The van der Waals surface area contributed by atoms with Crippen molar-refractivity contribution in [2.45, 2.75) is 26.3 Å². The number of carbonyl (C=O) groups excluding carboxylic acids is 1. The van der Waals surface area contributed by atoms with Gasteiger partial charge in [-0.3, -0.25) is 4.79 Å². The molecule has 0 radical (unpaired) electrons. The maximum absolute atomic E-state index is 11.9. The van der Waals surface area contributed by atoms with Crippen molar-refractivity contribution in [3.8, 4) is 16.3 Å². The van der Waals surface area contributed by atoms with Gasteiger partial charge in [-0.15, -0.1) is 11.3 Å². The minimum absolute atomic E-state index is 0.00304. The number of amides is 1. The predicted octanol–water partition coefficient (Wildman–Crippen LogP) is 2.90. The first kappa shape index (κ1) is 17.4. The van der Waals surface area contributed by atoms with Gasteiger partial charge in [0.25, 0.3) is 0 Å². The van der Waals surface area contributed by atoms with E-state index in [9.17, 15) is 4.79 Å². The summed E-state index contributed by atoms with van der Waals surface area (Å²) in [6.07, 6.45) is 0.279. The van der Waals surface area contributed by atoms with E-state index in [0.29, 0.717) is 13.2 Å². The molecule has 0 aliphatic heterocycles. The van der Waals surface area contributed by atoms with E-state index in [1.54, 1.807) is 7.11 Å². The monoisotopic (exact) mass is 334 g/mol. The Morgan fingerprint density at radius 3 is 2.74 bits per heavy atom. The van der Waals surface area contributed by atoms with Crippen molar-refractivity contribution in [1.29, 1.82) is 0 Å². The van der Waals surface area contributed by atoms with Crippen molar-refractivity contribution >= 4 is 17.2 Å². The van der Waals surface area contributed by atoms with Crippen LogP contribution in [0.25, 0.3) is 10.6 Å². The number of ether oxygens (including phenoxy) is 2. The lowest BCUT2D eigenvalue weighted by molar-refractivity contribution is -0.121. The molecule has 5 nitrogen and oxygen atoms in total. The van der Waals surface area contributed by atoms with E-state index in [1.165, 1.54) is 11.3 Å². The predicted molar refractivity (Wildman–Crippen MR) is 91.9 cm³/mol. The second-order valence-electron chi connectivity index (χ2n) is 5.20. The van der Waals surface area contributed by atoms with Crippen LogP contribution < -0.4 is 10.1 Å². The molecular formula is C17H22N2O3S. The fourth-order valence-electron chi connectivity index (χ4n) is 2.16. The average Bonchev–Trinajstić information content (AvgIpc) is 2.96. The smallest absolute Gasteiger partial charge is 0.226 e. The number of hydrogen-bond donors (Lipinski definition) is 1. The number of methoxy groups -OCH3 is 1. The molecule has 0 saturated carbocycles. The molecule has 0 fully saturated rings. The van der Waals surface area contributed by atoms with E-state index < -0.39 is 0 Å². The molecule has 2 aromatic rings. The fourth-order valence-corrected chi connectivity index (χ4v) is 2.99. The molecule has 1 N–H and O–H groups in total. The van der Waals surface area contributed by atoms with Crippen molar-refractivity contribution in [1.82, 2.24) is 10.3 Å². The van der Waals surface area contributed by atoms with Gasteiger partial charge in [0.15, 0.2) is 0 Å². The summed E-state index contributed by atoms with van der Waals surface area (Å²) in [4.78, 5) is 16.5. The molecule has 0 bridgehead atoms. The molecule has 1 amide bonds. The molecule has 23 heavy (non-hydrogen) atoms. The lowest BCUT2D eigenvalue weighted by Crippen LogP contribution is -2.36. The Morgan fingerprint density at radius 1 is 1.35 bits per heavy atom. The van der Waals surface area contributed by atoms with Gasteiger partial charge in [-0.2, -0.15) is 0 Å². The second kappa shape index (κ2) is 8.64. The van der Waals surface area contributed by atoms with E-state index in [4.69, 9.17) is 9.47 Å². The van der Waals surface area contributed by atoms with Crippen LogP contribution in [-0.2, 0) is 16.0 Å². The molecule has 0 saturated heterocycles. The Labute approximate surface area is 140 Å². The minimum atomic E-state index is -0.0434. The molecule has 1 aromatic carbocycles. The summed E-state index contributed by atoms with van der Waals surface area (Å²) in [5.74, 6) is 0.803. The number of nitrogens with one attached hydrogen (secondary N) is 1. The van der Waals surface area contributed by atoms with Crippen molar-refractivity contribution in [3.63, 3.8) is 0 Å². The van der Waals surface area contributed by atoms with E-state index in [-0.39, 0.29) is 18.4 Å². The number of aromatic nitrogens is 1. The van der Waals surface area contributed by atoms with Crippen LogP contribution in [0.5, 0.6) is 5.75 Å². The molecule has 1 aromatic heterocycles. The molecule has 0 spiro atoms. The lowest BCUT2D eigenvalue weighted by atomic mass is 10.2. The molecule has 1 atom stereocenters. The molecule has 1 heterocycles. The van der Waals surface area contributed by atoms with E-state index >= 15 is 0 Å². The highest BCUT2D eigenvalue weighted by molar-refractivity contribution is 7.13. The van der Waals surface area contributed by atoms with Crippen LogP contribution in [0.4, 0.5) is 0 Å². The summed E-state index contributed by atoms with van der Waals surface area (Å²) in [5.41, 5.74) is 1.80. The number of benzene rings is 1. The molecular weight excluding hydrogens is 312 g/mol. The summed E-state index contributed by atoms with van der Waals surface area (Å²) < 4.78 is 10.4. The molecule has 124 valence electrons. The highest BCUT2D eigenvalue weighted by Gasteiger charge is 2.11. The summed E-state index contributed by atoms with van der Waals surface area (Å²) in [6.45, 7) is 5.02. The standard InChI is InChI=1S/C17H22N2O3S/c1-4-22-15-7-5-13(6-8-15)17-19-14(11-23-17)9-16(20)18-12(2)10-21-3/h5-8,11-12H,4,9-10H2,1-3H3,(H,18,20)/t12-/m0/s1. The third-order valence-corrected chi connectivity index (χ3v) is 4.07. The number of rotatable bonds is 8. The van der Waals surface area contributed by atoms with Gasteiger partial charge in [0.05, 0.1) is 25.3 Å². The number of carbonyl (C=O) groups is 1.